The highest BCUT2D eigenvalue weighted by Gasteiger charge is 2.20. The summed E-state index contributed by atoms with van der Waals surface area (Å²) in [5, 5.41) is 15.8. The van der Waals surface area contributed by atoms with Crippen molar-refractivity contribution < 1.29 is 19.5 Å². The molecular formula is C10H17N3O4. The van der Waals surface area contributed by atoms with Crippen LogP contribution in [0.15, 0.2) is 0 Å². The van der Waals surface area contributed by atoms with Crippen LogP contribution >= 0.6 is 0 Å². The summed E-state index contributed by atoms with van der Waals surface area (Å²) in [7, 11) is 0. The molecule has 17 heavy (non-hydrogen) atoms. The Hall–Kier alpha value is -1.63. The van der Waals surface area contributed by atoms with Gasteiger partial charge < -0.3 is 21.1 Å². The van der Waals surface area contributed by atoms with Crippen LogP contribution in [-0.4, -0.2) is 49.1 Å². The Balaban J connectivity index is 1.97. The highest BCUT2D eigenvalue weighted by Crippen LogP contribution is 2.27. The predicted octanol–water partition coefficient (Wildman–Crippen LogP) is -1.70. The first-order valence-corrected chi connectivity index (χ1v) is 5.54. The first-order valence-electron chi connectivity index (χ1n) is 5.54. The number of nitrogens with one attached hydrogen (secondary N) is 3. The van der Waals surface area contributed by atoms with E-state index in [-0.39, 0.29) is 19.0 Å². The standard InChI is InChI=1S/C10H17N3O4/c14-8(4-11-3-7-1-2-7)12-5-9(15)13-6-10(16)17/h7,11H,1-6H2,(H,12,14)(H,13,15)(H,16,17). The van der Waals surface area contributed by atoms with Gasteiger partial charge in [-0.1, -0.05) is 0 Å². The molecule has 0 radical (unpaired) electrons. The summed E-state index contributed by atoms with van der Waals surface area (Å²) in [6, 6.07) is 0. The van der Waals surface area contributed by atoms with E-state index in [4.69, 9.17) is 5.11 Å². The summed E-state index contributed by atoms with van der Waals surface area (Å²) in [4.78, 5) is 32.4. The normalized spacial score (nSPS) is 14.1. The molecule has 7 nitrogen and oxygen atoms in total. The molecule has 0 unspecified atom stereocenters. The molecule has 1 fully saturated rings. The molecule has 1 rings (SSSR count). The third kappa shape index (κ3) is 7.29. The lowest BCUT2D eigenvalue weighted by molar-refractivity contribution is -0.137. The van der Waals surface area contributed by atoms with E-state index in [0.717, 1.165) is 6.54 Å². The molecule has 0 aromatic carbocycles. The Morgan fingerprint density at radius 1 is 1.00 bits per heavy atom. The Kier molecular flexibility index (Phi) is 5.41. The van der Waals surface area contributed by atoms with Crippen LogP contribution in [0, 0.1) is 5.92 Å². The molecule has 0 spiro atoms. The largest absolute Gasteiger partial charge is 0.480 e. The molecule has 0 aromatic heterocycles. The second-order valence-corrected chi connectivity index (χ2v) is 4.02. The number of carboxylic acid groups (broad SMARTS) is 1. The average Bonchev–Trinajstić information content (AvgIpc) is 3.07. The molecule has 96 valence electrons. The lowest BCUT2D eigenvalue weighted by Crippen LogP contribution is -2.42. The molecule has 0 atom stereocenters. The molecule has 0 bridgehead atoms. The summed E-state index contributed by atoms with van der Waals surface area (Å²) in [6.07, 6.45) is 2.43. The lowest BCUT2D eigenvalue weighted by Gasteiger charge is -2.06. The molecule has 0 aliphatic heterocycles. The van der Waals surface area contributed by atoms with Crippen molar-refractivity contribution in [2.45, 2.75) is 12.8 Å². The van der Waals surface area contributed by atoms with Crippen molar-refractivity contribution >= 4 is 17.8 Å². The van der Waals surface area contributed by atoms with Crippen LogP contribution in [0.5, 0.6) is 0 Å². The van der Waals surface area contributed by atoms with Gasteiger partial charge >= 0.3 is 5.97 Å². The number of carbonyl (C=O) groups excluding carboxylic acids is 2. The van der Waals surface area contributed by atoms with Crippen molar-refractivity contribution in [3.05, 3.63) is 0 Å². The fourth-order valence-electron chi connectivity index (χ4n) is 1.19. The number of rotatable bonds is 8. The first-order chi connectivity index (χ1) is 8.08. The van der Waals surface area contributed by atoms with Gasteiger partial charge in [0.1, 0.15) is 6.54 Å². The lowest BCUT2D eigenvalue weighted by atomic mass is 10.4. The Bertz CT molecular complexity index is 302. The van der Waals surface area contributed by atoms with Gasteiger partial charge in [-0.15, -0.1) is 0 Å². The van der Waals surface area contributed by atoms with Crippen molar-refractivity contribution in [2.24, 2.45) is 5.92 Å². The average molecular weight is 243 g/mol. The fraction of sp³-hybridized carbons (Fsp3) is 0.700. The Morgan fingerprint density at radius 3 is 2.18 bits per heavy atom. The molecule has 1 aliphatic carbocycles. The van der Waals surface area contributed by atoms with Gasteiger partial charge in [0.25, 0.3) is 0 Å². The SMILES string of the molecule is O=C(O)CNC(=O)CNC(=O)CNCC1CC1. The first kappa shape index (κ1) is 13.4. The third-order valence-corrected chi connectivity index (χ3v) is 2.30. The second kappa shape index (κ2) is 6.85. The van der Waals surface area contributed by atoms with E-state index in [1.807, 2.05) is 0 Å². The van der Waals surface area contributed by atoms with Crippen molar-refractivity contribution in [1.29, 1.82) is 0 Å². The molecule has 1 saturated carbocycles. The van der Waals surface area contributed by atoms with Crippen molar-refractivity contribution in [3.8, 4) is 0 Å². The topological polar surface area (TPSA) is 108 Å². The molecule has 7 heteroatoms. The van der Waals surface area contributed by atoms with Gasteiger partial charge in [0, 0.05) is 0 Å². The van der Waals surface area contributed by atoms with E-state index in [9.17, 15) is 14.4 Å². The van der Waals surface area contributed by atoms with Crippen LogP contribution in [-0.2, 0) is 14.4 Å². The maximum absolute atomic E-state index is 11.2. The minimum atomic E-state index is -1.12. The fourth-order valence-corrected chi connectivity index (χ4v) is 1.19. The number of aliphatic carboxylic acids is 1. The third-order valence-electron chi connectivity index (χ3n) is 2.30. The number of carboxylic acids is 1. The van der Waals surface area contributed by atoms with Crippen LogP contribution in [0.3, 0.4) is 0 Å². The molecule has 0 heterocycles. The minimum absolute atomic E-state index is 0.183. The van der Waals surface area contributed by atoms with E-state index in [1.165, 1.54) is 12.8 Å². The molecule has 0 aromatic rings. The van der Waals surface area contributed by atoms with Gasteiger partial charge in [0.05, 0.1) is 13.1 Å². The zero-order valence-corrected chi connectivity index (χ0v) is 9.49. The second-order valence-electron chi connectivity index (χ2n) is 4.02. The highest BCUT2D eigenvalue weighted by molar-refractivity contribution is 5.87. The van der Waals surface area contributed by atoms with E-state index in [2.05, 4.69) is 16.0 Å². The van der Waals surface area contributed by atoms with Crippen LogP contribution < -0.4 is 16.0 Å². The zero-order valence-electron chi connectivity index (χ0n) is 9.49. The summed E-state index contributed by atoms with van der Waals surface area (Å²) in [6.45, 7) is 0.382. The molecule has 4 N–H and O–H groups in total. The quantitative estimate of drug-likeness (QED) is 0.406. The summed E-state index contributed by atoms with van der Waals surface area (Å²) in [5.41, 5.74) is 0. The molecule has 1 aliphatic rings. The van der Waals surface area contributed by atoms with E-state index in [1.54, 1.807) is 0 Å². The van der Waals surface area contributed by atoms with E-state index >= 15 is 0 Å². The Labute approximate surface area is 98.9 Å². The summed E-state index contributed by atoms with van der Waals surface area (Å²) >= 11 is 0. The van der Waals surface area contributed by atoms with Gasteiger partial charge in [0.15, 0.2) is 0 Å². The molecule has 0 saturated heterocycles. The monoisotopic (exact) mass is 243 g/mol. The number of amides is 2. The van der Waals surface area contributed by atoms with Crippen molar-refractivity contribution in [2.75, 3.05) is 26.2 Å². The zero-order chi connectivity index (χ0) is 12.7. The molecular weight excluding hydrogens is 226 g/mol. The van der Waals surface area contributed by atoms with E-state index < -0.39 is 18.4 Å². The number of hydrogen-bond donors (Lipinski definition) is 4. The summed E-state index contributed by atoms with van der Waals surface area (Å²) in [5.74, 6) is -1.20. The van der Waals surface area contributed by atoms with Crippen molar-refractivity contribution in [1.82, 2.24) is 16.0 Å². The van der Waals surface area contributed by atoms with Crippen LogP contribution in [0.4, 0.5) is 0 Å². The van der Waals surface area contributed by atoms with Gasteiger partial charge in [-0.2, -0.15) is 0 Å². The van der Waals surface area contributed by atoms with Crippen LogP contribution in [0.1, 0.15) is 12.8 Å². The predicted molar refractivity (Wildman–Crippen MR) is 59.2 cm³/mol. The Morgan fingerprint density at radius 2 is 1.59 bits per heavy atom. The smallest absolute Gasteiger partial charge is 0.322 e. The highest BCUT2D eigenvalue weighted by atomic mass is 16.4. The van der Waals surface area contributed by atoms with Gasteiger partial charge in [-0.05, 0) is 25.3 Å². The van der Waals surface area contributed by atoms with Gasteiger partial charge in [-0.25, -0.2) is 0 Å². The van der Waals surface area contributed by atoms with Gasteiger partial charge in [-0.3, -0.25) is 14.4 Å². The minimum Gasteiger partial charge on any atom is -0.480 e. The van der Waals surface area contributed by atoms with Crippen LogP contribution in [0.25, 0.3) is 0 Å². The van der Waals surface area contributed by atoms with E-state index in [0.29, 0.717) is 5.92 Å². The maximum atomic E-state index is 11.2. The number of hydrogen-bond acceptors (Lipinski definition) is 4. The summed E-state index contributed by atoms with van der Waals surface area (Å²) < 4.78 is 0. The number of carbonyl (C=O) groups is 3. The van der Waals surface area contributed by atoms with Crippen molar-refractivity contribution in [3.63, 3.8) is 0 Å². The van der Waals surface area contributed by atoms with Gasteiger partial charge in [0.2, 0.25) is 11.8 Å². The molecule has 2 amide bonds. The van der Waals surface area contributed by atoms with Crippen LogP contribution in [0.2, 0.25) is 0 Å². The maximum Gasteiger partial charge on any atom is 0.322 e.